The molecule has 0 bridgehead atoms. The normalized spacial score (nSPS) is 21.4. The molecule has 254 valence electrons. The fourth-order valence-corrected chi connectivity index (χ4v) is 6.53. The van der Waals surface area contributed by atoms with E-state index >= 15 is 0 Å². The smallest absolute Gasteiger partial charge is 0.326 e. The summed E-state index contributed by atoms with van der Waals surface area (Å²) in [6.45, 7) is 8.14. The van der Waals surface area contributed by atoms with Crippen LogP contribution in [0.5, 0.6) is 5.75 Å². The van der Waals surface area contributed by atoms with Crippen molar-refractivity contribution in [1.82, 2.24) is 19.8 Å². The molecule has 48 heavy (non-hydrogen) atoms. The first kappa shape index (κ1) is 35.4. The molecule has 2 aromatic carbocycles. The number of carbonyl (C=O) groups excluding carboxylic acids is 2. The van der Waals surface area contributed by atoms with Crippen molar-refractivity contribution < 1.29 is 19.2 Å². The molecule has 2 aliphatic heterocycles. The Morgan fingerprint density at radius 3 is 2.42 bits per heavy atom. The number of amides is 3. The Kier molecular flexibility index (Phi) is 11.2. The standard InChI is InChI=1S/C36H42Cl2N6O4/c1-6-48-30-21-26(36(2,3)23-39)11-16-29(30)34-40-32(24-7-12-27(37)13-8-24)33(25-9-14-28(38)15-10-25)44(34)35(46)43-19-17-42(18-20-43)22-31(45)41(4)47-5/h7,9-16,21,24,32-33H,6,8,17-20,22H2,1-5H3/t24?,32-,33+/m0/s1. The number of halogens is 2. The number of rotatable bonds is 9. The minimum Gasteiger partial charge on any atom is -0.493 e. The maximum Gasteiger partial charge on any atom is 0.326 e. The van der Waals surface area contributed by atoms with Gasteiger partial charge < -0.3 is 9.64 Å². The van der Waals surface area contributed by atoms with Gasteiger partial charge in [-0.3, -0.25) is 24.4 Å². The fourth-order valence-electron chi connectivity index (χ4n) is 6.25. The van der Waals surface area contributed by atoms with E-state index < -0.39 is 11.5 Å². The van der Waals surface area contributed by atoms with E-state index in [0.29, 0.717) is 66.4 Å². The Bertz CT molecular complexity index is 1640. The van der Waals surface area contributed by atoms with Crippen LogP contribution in [0.2, 0.25) is 5.02 Å². The third-order valence-corrected chi connectivity index (χ3v) is 9.73. The van der Waals surface area contributed by atoms with Gasteiger partial charge in [0.2, 0.25) is 0 Å². The molecule has 2 heterocycles. The molecule has 3 atom stereocenters. The molecule has 10 nitrogen and oxygen atoms in total. The summed E-state index contributed by atoms with van der Waals surface area (Å²) >= 11 is 12.7. The molecule has 0 radical (unpaired) electrons. The number of likely N-dealkylation sites (N-methyl/N-ethyl adjacent to an activating group) is 1. The number of carbonyl (C=O) groups is 2. The van der Waals surface area contributed by atoms with Crippen molar-refractivity contribution >= 4 is 41.0 Å². The van der Waals surface area contributed by atoms with Crippen LogP contribution in [0.3, 0.4) is 0 Å². The summed E-state index contributed by atoms with van der Waals surface area (Å²) in [5.74, 6) is 0.869. The molecule has 1 aliphatic carbocycles. The summed E-state index contributed by atoms with van der Waals surface area (Å²) in [6, 6.07) is 14.7. The number of hydrogen-bond acceptors (Lipinski definition) is 7. The summed E-state index contributed by atoms with van der Waals surface area (Å²) in [5, 5.41) is 12.3. The van der Waals surface area contributed by atoms with E-state index in [1.54, 1.807) is 11.9 Å². The van der Waals surface area contributed by atoms with Crippen LogP contribution in [0.1, 0.15) is 49.9 Å². The highest BCUT2D eigenvalue weighted by atomic mass is 35.5. The lowest BCUT2D eigenvalue weighted by Crippen LogP contribution is -2.55. The predicted octanol–water partition coefficient (Wildman–Crippen LogP) is 6.17. The van der Waals surface area contributed by atoms with Crippen LogP contribution in [0.4, 0.5) is 4.79 Å². The van der Waals surface area contributed by atoms with Gasteiger partial charge in [0.1, 0.15) is 11.6 Å². The molecular weight excluding hydrogens is 651 g/mol. The van der Waals surface area contributed by atoms with Gasteiger partial charge in [-0.25, -0.2) is 9.86 Å². The Hall–Kier alpha value is -3.88. The number of hydroxylamine groups is 2. The van der Waals surface area contributed by atoms with Crippen molar-refractivity contribution in [2.24, 2.45) is 10.9 Å². The molecule has 3 aliphatic rings. The van der Waals surface area contributed by atoms with Crippen molar-refractivity contribution in [3.05, 3.63) is 87.4 Å². The van der Waals surface area contributed by atoms with Crippen LogP contribution in [0.15, 0.2) is 70.7 Å². The maximum absolute atomic E-state index is 14.8. The number of urea groups is 1. The molecule has 1 fully saturated rings. The molecule has 12 heteroatoms. The number of hydrogen-bond donors (Lipinski definition) is 0. The van der Waals surface area contributed by atoms with E-state index in [-0.39, 0.29) is 30.4 Å². The number of nitrogens with zero attached hydrogens (tertiary/aromatic N) is 6. The highest BCUT2D eigenvalue weighted by Crippen LogP contribution is 2.43. The second-order valence-electron chi connectivity index (χ2n) is 12.7. The third kappa shape index (κ3) is 7.55. The minimum absolute atomic E-state index is 0.0334. The third-order valence-electron chi connectivity index (χ3n) is 9.20. The quantitative estimate of drug-likeness (QED) is 0.292. The van der Waals surface area contributed by atoms with Crippen LogP contribution in [0.25, 0.3) is 0 Å². The summed E-state index contributed by atoms with van der Waals surface area (Å²) in [5.41, 5.74) is 1.63. The van der Waals surface area contributed by atoms with E-state index in [1.807, 2.05) is 85.2 Å². The number of aliphatic imine (C=N–C) groups is 1. The zero-order chi connectivity index (χ0) is 34.6. The topological polar surface area (TPSA) is 102 Å². The van der Waals surface area contributed by atoms with Gasteiger partial charge in [0.25, 0.3) is 5.91 Å². The number of amidine groups is 1. The van der Waals surface area contributed by atoms with Gasteiger partial charge >= 0.3 is 6.03 Å². The highest BCUT2D eigenvalue weighted by Gasteiger charge is 2.46. The van der Waals surface area contributed by atoms with Crippen LogP contribution in [-0.2, 0) is 15.0 Å². The summed E-state index contributed by atoms with van der Waals surface area (Å²) in [6.07, 6.45) is 6.61. The summed E-state index contributed by atoms with van der Waals surface area (Å²) in [4.78, 5) is 43.3. The van der Waals surface area contributed by atoms with Gasteiger partial charge in [0, 0.05) is 49.2 Å². The number of allylic oxidation sites excluding steroid dienone is 3. The molecular formula is C36H42Cl2N6O4. The number of piperazine rings is 1. The lowest BCUT2D eigenvalue weighted by Gasteiger charge is -2.39. The molecule has 0 saturated carbocycles. The summed E-state index contributed by atoms with van der Waals surface area (Å²) in [7, 11) is 3.04. The van der Waals surface area contributed by atoms with Gasteiger partial charge in [0.05, 0.1) is 49.4 Å². The van der Waals surface area contributed by atoms with Crippen molar-refractivity contribution in [2.75, 3.05) is 53.5 Å². The van der Waals surface area contributed by atoms with Crippen molar-refractivity contribution in [2.45, 2.75) is 44.7 Å². The molecule has 5 rings (SSSR count). The second-order valence-corrected chi connectivity index (χ2v) is 13.5. The number of benzene rings is 2. The molecule has 1 saturated heterocycles. The Labute approximate surface area is 292 Å². The van der Waals surface area contributed by atoms with Gasteiger partial charge in [-0.05, 0) is 68.7 Å². The second kappa shape index (κ2) is 15.1. The first-order valence-electron chi connectivity index (χ1n) is 16.1. The molecule has 0 aromatic heterocycles. The first-order chi connectivity index (χ1) is 23.0. The zero-order valence-electron chi connectivity index (χ0n) is 28.0. The molecule has 0 N–H and O–H groups in total. The average molecular weight is 694 g/mol. The SMILES string of the molecule is CCOc1cc(C(C)(C)C#N)ccc1C1=N[C@@H](C2C=CC(Cl)=CC2)[C@@H](c2ccc(Cl)cc2)N1C(=O)N1CCN(CC(=O)N(C)OC)CC1. The monoisotopic (exact) mass is 692 g/mol. The molecule has 2 aromatic rings. The van der Waals surface area contributed by atoms with E-state index in [1.165, 1.54) is 12.2 Å². The van der Waals surface area contributed by atoms with Crippen molar-refractivity contribution in [3.63, 3.8) is 0 Å². The average Bonchev–Trinajstić information content (AvgIpc) is 3.49. The molecule has 1 unspecified atom stereocenters. The van der Waals surface area contributed by atoms with E-state index in [2.05, 4.69) is 12.1 Å². The largest absolute Gasteiger partial charge is 0.493 e. The van der Waals surface area contributed by atoms with Crippen LogP contribution < -0.4 is 4.74 Å². The van der Waals surface area contributed by atoms with Crippen LogP contribution >= 0.6 is 23.2 Å². The highest BCUT2D eigenvalue weighted by molar-refractivity contribution is 6.31. The Morgan fingerprint density at radius 2 is 1.81 bits per heavy atom. The van der Waals surface area contributed by atoms with Gasteiger partial charge in [-0.15, -0.1) is 0 Å². The van der Waals surface area contributed by atoms with E-state index in [4.69, 9.17) is 37.8 Å². The van der Waals surface area contributed by atoms with Crippen LogP contribution in [-0.4, -0.2) is 97.1 Å². The Balaban J connectivity index is 1.57. The van der Waals surface area contributed by atoms with Crippen molar-refractivity contribution in [1.29, 1.82) is 5.26 Å². The van der Waals surface area contributed by atoms with Crippen LogP contribution in [0, 0.1) is 17.2 Å². The number of nitriles is 1. The van der Waals surface area contributed by atoms with Crippen molar-refractivity contribution in [3.8, 4) is 11.8 Å². The molecule has 0 spiro atoms. The summed E-state index contributed by atoms with van der Waals surface area (Å²) < 4.78 is 6.18. The van der Waals surface area contributed by atoms with Gasteiger partial charge in [-0.2, -0.15) is 5.26 Å². The molecule has 3 amide bonds. The first-order valence-corrected chi connectivity index (χ1v) is 16.9. The zero-order valence-corrected chi connectivity index (χ0v) is 29.5. The predicted molar refractivity (Wildman–Crippen MR) is 187 cm³/mol. The Morgan fingerprint density at radius 1 is 1.10 bits per heavy atom. The fraction of sp³-hybridized carbons (Fsp3) is 0.444. The maximum atomic E-state index is 14.8. The van der Waals surface area contributed by atoms with E-state index in [9.17, 15) is 14.9 Å². The van der Waals surface area contributed by atoms with Gasteiger partial charge in [0.15, 0.2) is 0 Å². The lowest BCUT2D eigenvalue weighted by molar-refractivity contribution is -0.170. The van der Waals surface area contributed by atoms with E-state index in [0.717, 1.165) is 11.1 Å². The van der Waals surface area contributed by atoms with Gasteiger partial charge in [-0.1, -0.05) is 53.6 Å². The minimum atomic E-state index is -0.747. The lowest BCUT2D eigenvalue weighted by atomic mass is 9.85. The number of ether oxygens (including phenoxy) is 1.